The number of thiocarbonyl (C=S) groups is 1. The van der Waals surface area contributed by atoms with Gasteiger partial charge in [0.2, 0.25) is 0 Å². The zero-order valence-electron chi connectivity index (χ0n) is 21.5. The van der Waals surface area contributed by atoms with Gasteiger partial charge in [0.25, 0.3) is 0 Å². The number of aliphatic imine (C=N–C) groups is 1. The molecular formula is C26H42N2O4S2. The lowest BCUT2D eigenvalue weighted by atomic mass is 9.75. The Labute approximate surface area is 214 Å². The molecule has 2 saturated carbocycles. The Morgan fingerprint density at radius 1 is 0.971 bits per heavy atom. The fourth-order valence-corrected chi connectivity index (χ4v) is 6.86. The summed E-state index contributed by atoms with van der Waals surface area (Å²) in [6.07, 6.45) is 6.14. The Kier molecular flexibility index (Phi) is 9.84. The van der Waals surface area contributed by atoms with Crippen molar-refractivity contribution in [1.29, 1.82) is 0 Å². The molecule has 3 rings (SSSR count). The van der Waals surface area contributed by atoms with Gasteiger partial charge in [0, 0.05) is 0 Å². The predicted octanol–water partition coefficient (Wildman–Crippen LogP) is 5.38. The van der Waals surface area contributed by atoms with Crippen molar-refractivity contribution in [2.45, 2.75) is 98.3 Å². The standard InChI is InChI=1S/C26H42N2O4S2/c1-14(2)18-9-7-16(5)11-20(18)31-22(29)13-27-24-23(28-26(33)34-24)25(30)32-21-12-17(6)8-10-19(21)15(3)4/h14-21,23H,7-13H2,1-6H3,(H,28,33)/t16-,17-,18+,19+,20-,21-,23?/m1/s1. The highest BCUT2D eigenvalue weighted by atomic mass is 32.2. The summed E-state index contributed by atoms with van der Waals surface area (Å²) < 4.78 is 12.4. The third kappa shape index (κ3) is 7.19. The third-order valence-electron chi connectivity index (χ3n) is 7.78. The fraction of sp³-hybridized carbons (Fsp3) is 0.846. The molecule has 1 saturated heterocycles. The number of carbonyl (C=O) groups is 2. The van der Waals surface area contributed by atoms with E-state index < -0.39 is 6.04 Å². The molecule has 0 bridgehead atoms. The Bertz CT molecular complexity index is 785. The Morgan fingerprint density at radius 3 is 2.03 bits per heavy atom. The van der Waals surface area contributed by atoms with E-state index in [2.05, 4.69) is 51.9 Å². The quantitative estimate of drug-likeness (QED) is 0.364. The van der Waals surface area contributed by atoms with Crippen molar-refractivity contribution in [2.24, 2.45) is 40.5 Å². The van der Waals surface area contributed by atoms with Gasteiger partial charge in [0.15, 0.2) is 6.04 Å². The van der Waals surface area contributed by atoms with E-state index in [0.29, 0.717) is 44.9 Å². The van der Waals surface area contributed by atoms with Gasteiger partial charge in [-0.3, -0.25) is 9.79 Å². The van der Waals surface area contributed by atoms with E-state index in [1.807, 2.05) is 0 Å². The second kappa shape index (κ2) is 12.2. The molecule has 2 aliphatic carbocycles. The topological polar surface area (TPSA) is 77.0 Å². The SMILES string of the molecule is CC(C)[C@@H]1CC[C@@H](C)C[C@H]1OC(=O)CN=C1SC(=S)NC1C(=O)O[C@@H]1C[C@H](C)CC[C@H]1C(C)C. The van der Waals surface area contributed by atoms with Crippen LogP contribution in [-0.4, -0.2) is 46.1 Å². The molecule has 1 N–H and O–H groups in total. The van der Waals surface area contributed by atoms with E-state index in [4.69, 9.17) is 21.7 Å². The smallest absolute Gasteiger partial charge is 0.335 e. The lowest BCUT2D eigenvalue weighted by Gasteiger charge is -2.37. The van der Waals surface area contributed by atoms with E-state index in [1.165, 1.54) is 24.6 Å². The van der Waals surface area contributed by atoms with Gasteiger partial charge >= 0.3 is 11.9 Å². The number of esters is 2. The summed E-state index contributed by atoms with van der Waals surface area (Å²) in [6.45, 7) is 13.1. The van der Waals surface area contributed by atoms with Gasteiger partial charge < -0.3 is 14.8 Å². The molecule has 3 aliphatic rings. The molecule has 1 heterocycles. The highest BCUT2D eigenvalue weighted by molar-refractivity contribution is 8.33. The van der Waals surface area contributed by atoms with Crippen LogP contribution in [-0.2, 0) is 19.1 Å². The average molecular weight is 511 g/mol. The van der Waals surface area contributed by atoms with Crippen LogP contribution in [0.1, 0.15) is 80.1 Å². The largest absolute Gasteiger partial charge is 0.461 e. The Balaban J connectivity index is 1.61. The first-order chi connectivity index (χ1) is 16.0. The van der Waals surface area contributed by atoms with Crippen molar-refractivity contribution in [3.8, 4) is 0 Å². The van der Waals surface area contributed by atoms with E-state index in [-0.39, 0.29) is 30.7 Å². The first-order valence-electron chi connectivity index (χ1n) is 13.0. The molecule has 0 spiro atoms. The minimum absolute atomic E-state index is 0.0612. The molecular weight excluding hydrogens is 468 g/mol. The molecule has 0 radical (unpaired) electrons. The lowest BCUT2D eigenvalue weighted by molar-refractivity contribution is -0.156. The molecule has 192 valence electrons. The van der Waals surface area contributed by atoms with Gasteiger partial charge in [-0.05, 0) is 73.0 Å². The van der Waals surface area contributed by atoms with E-state index in [1.54, 1.807) is 0 Å². The maximum atomic E-state index is 13.1. The number of thioether (sulfide) groups is 1. The van der Waals surface area contributed by atoms with Crippen molar-refractivity contribution in [2.75, 3.05) is 6.54 Å². The van der Waals surface area contributed by atoms with Gasteiger partial charge in [-0.25, -0.2) is 4.79 Å². The molecule has 7 atom stereocenters. The maximum absolute atomic E-state index is 13.1. The number of ether oxygens (including phenoxy) is 2. The first kappa shape index (κ1) is 27.4. The van der Waals surface area contributed by atoms with Gasteiger partial charge in [-0.15, -0.1) is 0 Å². The van der Waals surface area contributed by atoms with Crippen LogP contribution in [0.25, 0.3) is 0 Å². The van der Waals surface area contributed by atoms with Crippen LogP contribution in [0.4, 0.5) is 0 Å². The van der Waals surface area contributed by atoms with E-state index >= 15 is 0 Å². The summed E-state index contributed by atoms with van der Waals surface area (Å²) in [7, 11) is 0. The number of nitrogens with one attached hydrogen (secondary N) is 1. The van der Waals surface area contributed by atoms with Crippen LogP contribution in [0, 0.1) is 35.5 Å². The normalized spacial score (nSPS) is 35.5. The number of hydrogen-bond acceptors (Lipinski definition) is 7. The van der Waals surface area contributed by atoms with Gasteiger partial charge in [0.1, 0.15) is 28.1 Å². The number of hydrogen-bond donors (Lipinski definition) is 1. The molecule has 0 amide bonds. The van der Waals surface area contributed by atoms with Crippen molar-refractivity contribution >= 4 is 45.3 Å². The van der Waals surface area contributed by atoms with Crippen molar-refractivity contribution in [1.82, 2.24) is 5.32 Å². The molecule has 1 unspecified atom stereocenters. The second-order valence-corrected chi connectivity index (χ2v) is 13.0. The first-order valence-corrected chi connectivity index (χ1v) is 14.2. The van der Waals surface area contributed by atoms with Crippen LogP contribution >= 0.6 is 24.0 Å². The molecule has 0 aromatic rings. The van der Waals surface area contributed by atoms with Gasteiger partial charge in [0.05, 0.1) is 0 Å². The van der Waals surface area contributed by atoms with Crippen LogP contribution in [0.15, 0.2) is 4.99 Å². The molecule has 8 heteroatoms. The molecule has 0 aromatic carbocycles. The van der Waals surface area contributed by atoms with Gasteiger partial charge in [-0.1, -0.05) is 66.6 Å². The highest BCUT2D eigenvalue weighted by Crippen LogP contribution is 2.37. The third-order valence-corrected chi connectivity index (χ3v) is 9.02. The van der Waals surface area contributed by atoms with Crippen LogP contribution in [0.2, 0.25) is 0 Å². The van der Waals surface area contributed by atoms with E-state index in [9.17, 15) is 9.59 Å². The zero-order chi connectivity index (χ0) is 25.0. The fourth-order valence-electron chi connectivity index (χ4n) is 5.71. The van der Waals surface area contributed by atoms with Crippen LogP contribution in [0.5, 0.6) is 0 Å². The molecule has 6 nitrogen and oxygen atoms in total. The minimum atomic E-state index is -0.742. The zero-order valence-corrected chi connectivity index (χ0v) is 23.2. The Morgan fingerprint density at radius 2 is 1.50 bits per heavy atom. The summed E-state index contributed by atoms with van der Waals surface area (Å²) in [5.41, 5.74) is 0. The van der Waals surface area contributed by atoms with Crippen molar-refractivity contribution in [3.63, 3.8) is 0 Å². The summed E-state index contributed by atoms with van der Waals surface area (Å²) in [4.78, 5) is 30.2. The molecule has 34 heavy (non-hydrogen) atoms. The predicted molar refractivity (Wildman–Crippen MR) is 142 cm³/mol. The number of nitrogens with zero attached hydrogens (tertiary/aromatic N) is 1. The summed E-state index contributed by atoms with van der Waals surface area (Å²) in [5.74, 6) is 2.08. The van der Waals surface area contributed by atoms with Crippen molar-refractivity contribution < 1.29 is 19.1 Å². The van der Waals surface area contributed by atoms with Crippen molar-refractivity contribution in [3.05, 3.63) is 0 Å². The Hall–Kier alpha value is -1.15. The molecule has 1 aliphatic heterocycles. The van der Waals surface area contributed by atoms with Gasteiger partial charge in [-0.2, -0.15) is 0 Å². The van der Waals surface area contributed by atoms with Crippen LogP contribution < -0.4 is 5.32 Å². The monoisotopic (exact) mass is 510 g/mol. The number of carbonyl (C=O) groups excluding carboxylic acids is 2. The van der Waals surface area contributed by atoms with E-state index in [0.717, 1.165) is 25.7 Å². The maximum Gasteiger partial charge on any atom is 0.335 e. The summed E-state index contributed by atoms with van der Waals surface area (Å²) >= 11 is 6.52. The highest BCUT2D eigenvalue weighted by Gasteiger charge is 2.39. The van der Waals surface area contributed by atoms with Crippen LogP contribution in [0.3, 0.4) is 0 Å². The molecule has 3 fully saturated rings. The molecule has 0 aromatic heterocycles. The summed E-state index contributed by atoms with van der Waals surface area (Å²) in [5, 5.41) is 3.51. The average Bonchev–Trinajstić information content (AvgIpc) is 3.12. The number of rotatable bonds is 7. The minimum Gasteiger partial charge on any atom is -0.461 e. The summed E-state index contributed by atoms with van der Waals surface area (Å²) in [6, 6.07) is -0.742. The second-order valence-electron chi connectivity index (χ2n) is 11.3. The lowest BCUT2D eigenvalue weighted by Crippen LogP contribution is -2.43.